The van der Waals surface area contributed by atoms with Gasteiger partial charge in [-0.25, -0.2) is 0 Å². The molecule has 1 aromatic carbocycles. The van der Waals surface area contributed by atoms with Crippen molar-refractivity contribution in [3.8, 4) is 17.2 Å². The fraction of sp³-hybridized carbons (Fsp3) is 0.250. The zero-order valence-electron chi connectivity index (χ0n) is 10.4. The van der Waals surface area contributed by atoms with E-state index in [4.69, 9.17) is 20.8 Å². The molecule has 19 heavy (non-hydrogen) atoms. The molecule has 0 spiro atoms. The van der Waals surface area contributed by atoms with Crippen molar-refractivity contribution in [3.05, 3.63) is 24.3 Å². The summed E-state index contributed by atoms with van der Waals surface area (Å²) in [6.45, 7) is 1.55. The van der Waals surface area contributed by atoms with E-state index in [9.17, 15) is 4.79 Å². The van der Waals surface area contributed by atoms with Gasteiger partial charge in [0.2, 0.25) is 11.8 Å². The van der Waals surface area contributed by atoms with E-state index < -0.39 is 11.3 Å². The first-order chi connectivity index (χ1) is 9.10. The van der Waals surface area contributed by atoms with Gasteiger partial charge in [0, 0.05) is 5.56 Å². The third-order valence-electron chi connectivity index (χ3n) is 2.35. The Morgan fingerprint density at radius 3 is 2.63 bits per heavy atom. The lowest BCUT2D eigenvalue weighted by Gasteiger charge is -2.01. The SMILES string of the molecule is COc1ccc(-c2nnc(NC(=O)[C@@H](C)Cl)o2)cc1. The highest BCUT2D eigenvalue weighted by Gasteiger charge is 2.14. The zero-order valence-corrected chi connectivity index (χ0v) is 11.1. The number of anilines is 1. The third kappa shape index (κ3) is 3.23. The summed E-state index contributed by atoms with van der Waals surface area (Å²) in [7, 11) is 1.59. The van der Waals surface area contributed by atoms with Gasteiger partial charge in [-0.2, -0.15) is 0 Å². The van der Waals surface area contributed by atoms with Crippen molar-refractivity contribution < 1.29 is 13.9 Å². The number of rotatable bonds is 4. The van der Waals surface area contributed by atoms with Crippen LogP contribution in [-0.2, 0) is 4.79 Å². The largest absolute Gasteiger partial charge is 0.497 e. The van der Waals surface area contributed by atoms with Gasteiger partial charge in [0.1, 0.15) is 11.1 Å². The number of ether oxygens (including phenoxy) is 1. The Bertz CT molecular complexity index is 566. The molecule has 0 bridgehead atoms. The van der Waals surface area contributed by atoms with Crippen LogP contribution in [0.2, 0.25) is 0 Å². The van der Waals surface area contributed by atoms with Crippen LogP contribution < -0.4 is 10.1 Å². The molecule has 7 heteroatoms. The van der Waals surface area contributed by atoms with Crippen LogP contribution in [0, 0.1) is 0 Å². The van der Waals surface area contributed by atoms with Crippen molar-refractivity contribution in [2.24, 2.45) is 0 Å². The first-order valence-electron chi connectivity index (χ1n) is 5.53. The highest BCUT2D eigenvalue weighted by Crippen LogP contribution is 2.22. The van der Waals surface area contributed by atoms with Gasteiger partial charge in [0.05, 0.1) is 7.11 Å². The molecule has 0 fully saturated rings. The van der Waals surface area contributed by atoms with E-state index in [1.54, 1.807) is 38.3 Å². The summed E-state index contributed by atoms with van der Waals surface area (Å²) < 4.78 is 10.4. The zero-order chi connectivity index (χ0) is 13.8. The lowest BCUT2D eigenvalue weighted by molar-refractivity contribution is -0.115. The van der Waals surface area contributed by atoms with Gasteiger partial charge in [0.25, 0.3) is 0 Å². The maximum absolute atomic E-state index is 11.4. The van der Waals surface area contributed by atoms with Crippen LogP contribution in [0.25, 0.3) is 11.5 Å². The second-order valence-electron chi connectivity index (χ2n) is 3.75. The summed E-state index contributed by atoms with van der Waals surface area (Å²) in [6.07, 6.45) is 0. The summed E-state index contributed by atoms with van der Waals surface area (Å²) in [5.41, 5.74) is 0.729. The lowest BCUT2D eigenvalue weighted by Crippen LogP contribution is -2.20. The predicted molar refractivity (Wildman–Crippen MR) is 70.2 cm³/mol. The Morgan fingerprint density at radius 2 is 2.05 bits per heavy atom. The molecule has 0 unspecified atom stereocenters. The number of halogens is 1. The number of hydrogen-bond donors (Lipinski definition) is 1. The summed E-state index contributed by atoms with van der Waals surface area (Å²) >= 11 is 5.62. The average molecular weight is 282 g/mol. The van der Waals surface area contributed by atoms with Crippen LogP contribution in [0.3, 0.4) is 0 Å². The van der Waals surface area contributed by atoms with Crippen molar-refractivity contribution >= 4 is 23.5 Å². The molecular formula is C12H12ClN3O3. The van der Waals surface area contributed by atoms with E-state index in [0.29, 0.717) is 5.89 Å². The molecule has 1 amide bonds. The smallest absolute Gasteiger partial charge is 0.322 e. The third-order valence-corrected chi connectivity index (χ3v) is 2.55. The molecule has 100 valence electrons. The summed E-state index contributed by atoms with van der Waals surface area (Å²) in [5, 5.41) is 9.31. The number of alkyl halides is 1. The maximum atomic E-state index is 11.4. The van der Waals surface area contributed by atoms with Crippen LogP contribution in [-0.4, -0.2) is 28.6 Å². The van der Waals surface area contributed by atoms with Gasteiger partial charge in [-0.1, -0.05) is 5.10 Å². The van der Waals surface area contributed by atoms with Gasteiger partial charge in [-0.3, -0.25) is 10.1 Å². The van der Waals surface area contributed by atoms with Gasteiger partial charge >= 0.3 is 6.01 Å². The van der Waals surface area contributed by atoms with E-state index in [2.05, 4.69) is 15.5 Å². The maximum Gasteiger partial charge on any atom is 0.322 e. The fourth-order valence-electron chi connectivity index (χ4n) is 1.33. The minimum absolute atomic E-state index is 0.0170. The van der Waals surface area contributed by atoms with Crippen LogP contribution in [0.1, 0.15) is 6.92 Å². The molecule has 2 rings (SSSR count). The average Bonchev–Trinajstić information content (AvgIpc) is 2.87. The Kier molecular flexibility index (Phi) is 4.01. The number of aromatic nitrogens is 2. The molecule has 0 aliphatic heterocycles. The fourth-order valence-corrected chi connectivity index (χ4v) is 1.38. The van der Waals surface area contributed by atoms with Crippen molar-refractivity contribution in [2.45, 2.75) is 12.3 Å². The first kappa shape index (κ1) is 13.4. The Morgan fingerprint density at radius 1 is 1.37 bits per heavy atom. The molecule has 6 nitrogen and oxygen atoms in total. The summed E-state index contributed by atoms with van der Waals surface area (Å²) in [4.78, 5) is 11.4. The van der Waals surface area contributed by atoms with Crippen molar-refractivity contribution in [3.63, 3.8) is 0 Å². The summed E-state index contributed by atoms with van der Waals surface area (Å²) in [5.74, 6) is 0.638. The number of benzene rings is 1. The van der Waals surface area contributed by atoms with E-state index >= 15 is 0 Å². The van der Waals surface area contributed by atoms with Gasteiger partial charge in [0.15, 0.2) is 0 Å². The Hall–Kier alpha value is -2.08. The lowest BCUT2D eigenvalue weighted by atomic mass is 10.2. The van der Waals surface area contributed by atoms with Crippen LogP contribution in [0.4, 0.5) is 6.01 Å². The van der Waals surface area contributed by atoms with Gasteiger partial charge < -0.3 is 9.15 Å². The van der Waals surface area contributed by atoms with Crippen molar-refractivity contribution in [1.82, 2.24) is 10.2 Å². The minimum Gasteiger partial charge on any atom is -0.497 e. The van der Waals surface area contributed by atoms with Crippen LogP contribution in [0.15, 0.2) is 28.7 Å². The van der Waals surface area contributed by atoms with Crippen molar-refractivity contribution in [2.75, 3.05) is 12.4 Å². The Labute approximate surface area is 114 Å². The molecule has 2 aromatic rings. The van der Waals surface area contributed by atoms with Crippen LogP contribution >= 0.6 is 11.6 Å². The van der Waals surface area contributed by atoms with Gasteiger partial charge in [-0.05, 0) is 31.2 Å². The number of amides is 1. The normalized spacial score (nSPS) is 11.9. The number of carbonyl (C=O) groups is 1. The number of nitrogens with one attached hydrogen (secondary N) is 1. The number of hydrogen-bond acceptors (Lipinski definition) is 5. The molecular weight excluding hydrogens is 270 g/mol. The molecule has 0 aliphatic carbocycles. The van der Waals surface area contributed by atoms with Gasteiger partial charge in [-0.15, -0.1) is 16.7 Å². The Balaban J connectivity index is 2.13. The molecule has 1 heterocycles. The minimum atomic E-state index is -0.670. The number of methoxy groups -OCH3 is 1. The number of carbonyl (C=O) groups excluding carboxylic acids is 1. The highest BCUT2D eigenvalue weighted by molar-refractivity contribution is 6.32. The standard InChI is InChI=1S/C12H12ClN3O3/c1-7(13)10(17)14-12-16-15-11(19-12)8-3-5-9(18-2)6-4-8/h3-7H,1-2H3,(H,14,16,17)/t7-/m1/s1. The highest BCUT2D eigenvalue weighted by atomic mass is 35.5. The monoisotopic (exact) mass is 281 g/mol. The van der Waals surface area contributed by atoms with E-state index in [1.165, 1.54) is 0 Å². The predicted octanol–water partition coefficient (Wildman–Crippen LogP) is 2.31. The number of nitrogens with zero attached hydrogens (tertiary/aromatic N) is 2. The molecule has 0 radical (unpaired) electrons. The molecule has 1 aromatic heterocycles. The van der Waals surface area contributed by atoms with E-state index in [1.807, 2.05) is 0 Å². The second-order valence-corrected chi connectivity index (χ2v) is 4.40. The second kappa shape index (κ2) is 5.71. The molecule has 0 aliphatic rings. The summed E-state index contributed by atoms with van der Waals surface area (Å²) in [6, 6.07) is 7.13. The van der Waals surface area contributed by atoms with Crippen LogP contribution in [0.5, 0.6) is 5.75 Å². The molecule has 0 saturated carbocycles. The van der Waals surface area contributed by atoms with E-state index in [-0.39, 0.29) is 6.01 Å². The molecule has 0 saturated heterocycles. The molecule has 1 atom stereocenters. The quantitative estimate of drug-likeness (QED) is 0.870. The first-order valence-corrected chi connectivity index (χ1v) is 5.96. The topological polar surface area (TPSA) is 77.3 Å². The van der Waals surface area contributed by atoms with E-state index in [0.717, 1.165) is 11.3 Å². The molecule has 1 N–H and O–H groups in total. The van der Waals surface area contributed by atoms with Crippen molar-refractivity contribution in [1.29, 1.82) is 0 Å².